The van der Waals surface area contributed by atoms with Crippen LogP contribution in [0.5, 0.6) is 0 Å². The molecule has 3 heterocycles. The number of aliphatic hydroxyl groups is 1. The van der Waals surface area contributed by atoms with E-state index >= 15 is 0 Å². The van der Waals surface area contributed by atoms with Gasteiger partial charge in [-0.05, 0) is 25.0 Å². The predicted octanol–water partition coefficient (Wildman–Crippen LogP) is 3.42. The van der Waals surface area contributed by atoms with E-state index in [1.54, 1.807) is 28.9 Å². The fraction of sp³-hybridized carbons (Fsp3) is 0.368. The summed E-state index contributed by atoms with van der Waals surface area (Å²) < 4.78 is 14.2. The Hall–Kier alpha value is -1.83. The highest BCUT2D eigenvalue weighted by Gasteiger charge is 2.40. The number of rotatable bonds is 3. The summed E-state index contributed by atoms with van der Waals surface area (Å²) >= 11 is 7.76. The Bertz CT molecular complexity index is 859. The summed E-state index contributed by atoms with van der Waals surface area (Å²) in [7, 11) is 0. The molecule has 1 unspecified atom stereocenters. The smallest absolute Gasteiger partial charge is 0.230 e. The van der Waals surface area contributed by atoms with E-state index in [0.29, 0.717) is 18.8 Å². The summed E-state index contributed by atoms with van der Waals surface area (Å²) in [5, 5.41) is 17.9. The van der Waals surface area contributed by atoms with Crippen LogP contribution < -0.4 is 0 Å². The van der Waals surface area contributed by atoms with Crippen LogP contribution in [0.1, 0.15) is 24.0 Å². The molecule has 2 N–H and O–H groups in total. The zero-order valence-electron chi connectivity index (χ0n) is 14.5. The number of nitrogens with zero attached hydrogens (tertiary/aromatic N) is 2. The standard InChI is InChI=1S/C19H19ClFN3O2S/c20-14-2-1-3-15(21)17(14)19(26)4-6-24(7-5-19)18(25)12-8-16(27-11-12)13-9-22-23-10-13/h1-3,8-10,12,26H,4-7,11H2,(H,22,23). The zero-order valence-corrected chi connectivity index (χ0v) is 16.1. The van der Waals surface area contributed by atoms with Crippen LogP contribution in [0.3, 0.4) is 0 Å². The largest absolute Gasteiger partial charge is 0.385 e. The van der Waals surface area contributed by atoms with Gasteiger partial charge in [0.05, 0.1) is 17.7 Å². The molecule has 1 saturated heterocycles. The van der Waals surface area contributed by atoms with Crippen molar-refractivity contribution in [2.75, 3.05) is 18.8 Å². The molecule has 0 radical (unpaired) electrons. The number of halogens is 2. The number of nitrogens with one attached hydrogen (secondary N) is 1. The molecule has 1 fully saturated rings. The van der Waals surface area contributed by atoms with Crippen molar-refractivity contribution in [1.82, 2.24) is 15.1 Å². The number of aromatic nitrogens is 2. The van der Waals surface area contributed by atoms with Gasteiger partial charge in [0.1, 0.15) is 5.82 Å². The molecule has 1 aromatic heterocycles. The van der Waals surface area contributed by atoms with Crippen molar-refractivity contribution >= 4 is 34.2 Å². The molecule has 5 nitrogen and oxygen atoms in total. The Morgan fingerprint density at radius 3 is 2.85 bits per heavy atom. The number of piperidine rings is 1. The summed E-state index contributed by atoms with van der Waals surface area (Å²) in [4.78, 5) is 15.7. The number of benzene rings is 1. The first-order chi connectivity index (χ1) is 13.0. The Kier molecular flexibility index (Phi) is 5.01. The molecule has 142 valence electrons. The first-order valence-corrected chi connectivity index (χ1v) is 10.1. The SMILES string of the molecule is O=C(C1C=C(c2cn[nH]c2)SC1)N1CCC(O)(c2c(F)cccc2Cl)CC1. The monoisotopic (exact) mass is 407 g/mol. The lowest BCUT2D eigenvalue weighted by atomic mass is 9.83. The fourth-order valence-corrected chi connectivity index (χ4v) is 5.17. The third kappa shape index (κ3) is 3.51. The van der Waals surface area contributed by atoms with Gasteiger partial charge in [0, 0.05) is 46.1 Å². The average molecular weight is 408 g/mol. The van der Waals surface area contributed by atoms with Crippen molar-refractivity contribution in [3.63, 3.8) is 0 Å². The minimum absolute atomic E-state index is 0.0441. The van der Waals surface area contributed by atoms with Gasteiger partial charge in [-0.3, -0.25) is 9.89 Å². The fourth-order valence-electron chi connectivity index (χ4n) is 3.69. The van der Waals surface area contributed by atoms with Crippen LogP contribution in [0, 0.1) is 11.7 Å². The normalized spacial score (nSPS) is 22.0. The molecule has 0 saturated carbocycles. The number of hydrogen-bond donors (Lipinski definition) is 2. The first-order valence-electron chi connectivity index (χ1n) is 8.77. The van der Waals surface area contributed by atoms with Gasteiger partial charge in [-0.15, -0.1) is 11.8 Å². The van der Waals surface area contributed by atoms with Crippen molar-refractivity contribution in [2.24, 2.45) is 5.92 Å². The van der Waals surface area contributed by atoms with E-state index in [0.717, 1.165) is 10.5 Å². The van der Waals surface area contributed by atoms with E-state index in [1.807, 2.05) is 12.3 Å². The van der Waals surface area contributed by atoms with Crippen LogP contribution in [-0.2, 0) is 10.4 Å². The summed E-state index contributed by atoms with van der Waals surface area (Å²) in [6.07, 6.45) is 6.05. The van der Waals surface area contributed by atoms with E-state index < -0.39 is 11.4 Å². The number of aromatic amines is 1. The quantitative estimate of drug-likeness (QED) is 0.818. The van der Waals surface area contributed by atoms with Crippen LogP contribution in [-0.4, -0.2) is 45.0 Å². The van der Waals surface area contributed by atoms with Gasteiger partial charge in [-0.1, -0.05) is 23.7 Å². The van der Waals surface area contributed by atoms with E-state index in [2.05, 4.69) is 10.2 Å². The Morgan fingerprint density at radius 2 is 2.19 bits per heavy atom. The Balaban J connectivity index is 1.44. The van der Waals surface area contributed by atoms with Gasteiger partial charge in [-0.25, -0.2) is 4.39 Å². The summed E-state index contributed by atoms with van der Waals surface area (Å²) in [6.45, 7) is 0.742. The van der Waals surface area contributed by atoms with E-state index in [1.165, 1.54) is 12.1 Å². The van der Waals surface area contributed by atoms with Gasteiger partial charge < -0.3 is 10.0 Å². The number of amides is 1. The van der Waals surface area contributed by atoms with Gasteiger partial charge >= 0.3 is 0 Å². The number of hydrogen-bond acceptors (Lipinski definition) is 4. The molecule has 1 aromatic carbocycles. The van der Waals surface area contributed by atoms with Crippen molar-refractivity contribution < 1.29 is 14.3 Å². The molecule has 0 aliphatic carbocycles. The molecular formula is C19H19ClFN3O2S. The number of thioether (sulfide) groups is 1. The van der Waals surface area contributed by atoms with Crippen LogP contribution in [0.2, 0.25) is 5.02 Å². The number of carbonyl (C=O) groups is 1. The molecule has 2 aliphatic heterocycles. The first kappa shape index (κ1) is 18.5. The van der Waals surface area contributed by atoms with E-state index in [9.17, 15) is 14.3 Å². The van der Waals surface area contributed by atoms with Gasteiger partial charge in [-0.2, -0.15) is 5.10 Å². The molecule has 27 heavy (non-hydrogen) atoms. The summed E-state index contributed by atoms with van der Waals surface area (Å²) in [5.74, 6) is 0.0367. The minimum Gasteiger partial charge on any atom is -0.385 e. The lowest BCUT2D eigenvalue weighted by Gasteiger charge is -2.39. The molecule has 1 atom stereocenters. The van der Waals surface area contributed by atoms with Crippen LogP contribution >= 0.6 is 23.4 Å². The topological polar surface area (TPSA) is 69.2 Å². The van der Waals surface area contributed by atoms with Crippen LogP contribution in [0.4, 0.5) is 4.39 Å². The molecule has 0 spiro atoms. The number of H-pyrrole nitrogens is 1. The maximum Gasteiger partial charge on any atom is 0.230 e. The molecular weight excluding hydrogens is 389 g/mol. The van der Waals surface area contributed by atoms with E-state index in [4.69, 9.17) is 11.6 Å². The lowest BCUT2D eigenvalue weighted by Crippen LogP contribution is -2.47. The molecule has 2 aliphatic rings. The zero-order chi connectivity index (χ0) is 19.0. The summed E-state index contributed by atoms with van der Waals surface area (Å²) in [6, 6.07) is 4.40. The van der Waals surface area contributed by atoms with Crippen molar-refractivity contribution in [3.8, 4) is 0 Å². The Morgan fingerprint density at radius 1 is 1.41 bits per heavy atom. The molecule has 1 amide bonds. The Labute approximate surface area is 165 Å². The van der Waals surface area contributed by atoms with Crippen molar-refractivity contribution in [1.29, 1.82) is 0 Å². The third-order valence-electron chi connectivity index (χ3n) is 5.20. The van der Waals surface area contributed by atoms with Crippen molar-refractivity contribution in [3.05, 3.63) is 58.6 Å². The highest BCUT2D eigenvalue weighted by atomic mass is 35.5. The molecule has 0 bridgehead atoms. The molecule has 4 rings (SSSR count). The van der Waals surface area contributed by atoms with Crippen LogP contribution in [0.25, 0.3) is 4.91 Å². The van der Waals surface area contributed by atoms with Gasteiger partial charge in [0.2, 0.25) is 5.91 Å². The van der Waals surface area contributed by atoms with Gasteiger partial charge in [0.25, 0.3) is 0 Å². The minimum atomic E-state index is -1.35. The van der Waals surface area contributed by atoms with E-state index in [-0.39, 0.29) is 35.3 Å². The second-order valence-electron chi connectivity index (χ2n) is 6.89. The third-order valence-corrected chi connectivity index (χ3v) is 6.72. The number of carbonyl (C=O) groups excluding carboxylic acids is 1. The molecule has 2 aromatic rings. The molecule has 8 heteroatoms. The van der Waals surface area contributed by atoms with Gasteiger partial charge in [0.15, 0.2) is 0 Å². The second-order valence-corrected chi connectivity index (χ2v) is 8.36. The lowest BCUT2D eigenvalue weighted by molar-refractivity contribution is -0.138. The second kappa shape index (κ2) is 7.30. The summed E-state index contributed by atoms with van der Waals surface area (Å²) in [5.41, 5.74) is -0.226. The highest BCUT2D eigenvalue weighted by Crippen LogP contribution is 2.40. The average Bonchev–Trinajstić information content (AvgIpc) is 3.33. The maximum absolute atomic E-state index is 14.2. The highest BCUT2D eigenvalue weighted by molar-refractivity contribution is 8.08. The van der Waals surface area contributed by atoms with Crippen molar-refractivity contribution in [2.45, 2.75) is 18.4 Å². The predicted molar refractivity (Wildman–Crippen MR) is 104 cm³/mol. The van der Waals surface area contributed by atoms with Crippen LogP contribution in [0.15, 0.2) is 36.7 Å². The maximum atomic E-state index is 14.2. The number of likely N-dealkylation sites (tertiary alicyclic amines) is 1.